The molecule has 1 aromatic heterocycles. The lowest BCUT2D eigenvalue weighted by molar-refractivity contribution is -0.112. The first kappa shape index (κ1) is 21.2. The molecular weight excluding hydrogens is 360 g/mol. The third kappa shape index (κ3) is 7.22. The lowest BCUT2D eigenvalue weighted by Gasteiger charge is -2.30. The zero-order chi connectivity index (χ0) is 19.5. The number of aromatic nitrogens is 1. The van der Waals surface area contributed by atoms with Crippen molar-refractivity contribution >= 4 is 34.2 Å². The van der Waals surface area contributed by atoms with Crippen LogP contribution in [0.25, 0.3) is 0 Å². The summed E-state index contributed by atoms with van der Waals surface area (Å²) in [7, 11) is 0. The maximum Gasteiger partial charge on any atom is 0.251 e. The third-order valence-electron chi connectivity index (χ3n) is 4.25. The normalized spacial score (nSPS) is 15.7. The van der Waals surface area contributed by atoms with Crippen molar-refractivity contribution in [2.75, 3.05) is 42.9 Å². The van der Waals surface area contributed by atoms with Gasteiger partial charge in [0, 0.05) is 44.5 Å². The van der Waals surface area contributed by atoms with Crippen LogP contribution in [0, 0.1) is 0 Å². The van der Waals surface area contributed by atoms with Gasteiger partial charge in [-0.2, -0.15) is 0 Å². The molecule has 1 aliphatic heterocycles. The number of carbonyl (C=O) groups excluding carboxylic acids is 1. The number of nitrogens with one attached hydrogen (secondary N) is 2. The van der Waals surface area contributed by atoms with E-state index in [0.29, 0.717) is 10.7 Å². The molecule has 1 aromatic rings. The number of nitrogens with zero attached hydrogens (tertiary/aromatic N) is 3. The van der Waals surface area contributed by atoms with E-state index in [-0.39, 0.29) is 5.91 Å². The summed E-state index contributed by atoms with van der Waals surface area (Å²) in [6, 6.07) is 1.94. The predicted molar refractivity (Wildman–Crippen MR) is 115 cm³/mol. The molecule has 1 fully saturated rings. The fraction of sp³-hybridized carbons (Fsp3) is 0.526. The van der Waals surface area contributed by atoms with Gasteiger partial charge in [-0.25, -0.2) is 0 Å². The van der Waals surface area contributed by atoms with Crippen LogP contribution >= 0.6 is 11.8 Å². The first-order valence-electron chi connectivity index (χ1n) is 9.46. The quantitative estimate of drug-likeness (QED) is 0.273. The van der Waals surface area contributed by atoms with Crippen molar-refractivity contribution in [3.63, 3.8) is 0 Å². The first-order valence-corrected chi connectivity index (χ1v) is 10.3. The Morgan fingerprint density at radius 1 is 1.44 bits per heavy atom. The van der Waals surface area contributed by atoms with Crippen LogP contribution < -0.4 is 21.3 Å². The summed E-state index contributed by atoms with van der Waals surface area (Å²) in [6.45, 7) is 8.33. The number of anilines is 2. The van der Waals surface area contributed by atoms with Crippen LogP contribution in [0.15, 0.2) is 34.4 Å². The zero-order valence-electron chi connectivity index (χ0n) is 16.2. The topological polar surface area (TPSA) is 95.6 Å². The maximum absolute atomic E-state index is 12.5. The molecule has 0 unspecified atom stereocenters. The fourth-order valence-corrected chi connectivity index (χ4v) is 3.25. The number of rotatable bonds is 8. The van der Waals surface area contributed by atoms with E-state index in [1.54, 1.807) is 24.7 Å². The summed E-state index contributed by atoms with van der Waals surface area (Å²) in [6.07, 6.45) is 6.79. The molecule has 0 aliphatic carbocycles. The van der Waals surface area contributed by atoms with E-state index in [4.69, 9.17) is 5.73 Å². The van der Waals surface area contributed by atoms with Crippen molar-refractivity contribution in [2.24, 2.45) is 10.7 Å². The first-order chi connectivity index (χ1) is 13.1. The smallest absolute Gasteiger partial charge is 0.251 e. The minimum atomic E-state index is -0.161. The van der Waals surface area contributed by atoms with Crippen LogP contribution in [0.1, 0.15) is 33.1 Å². The van der Waals surface area contributed by atoms with E-state index in [2.05, 4.69) is 32.4 Å². The summed E-state index contributed by atoms with van der Waals surface area (Å²) >= 11 is 1.28. The van der Waals surface area contributed by atoms with Crippen LogP contribution in [-0.2, 0) is 4.79 Å². The lowest BCUT2D eigenvalue weighted by atomic mass is 10.2. The number of hydrogen-bond acceptors (Lipinski definition) is 6. The molecule has 0 spiro atoms. The predicted octanol–water partition coefficient (Wildman–Crippen LogP) is 2.57. The van der Waals surface area contributed by atoms with Gasteiger partial charge >= 0.3 is 0 Å². The van der Waals surface area contributed by atoms with Crippen LogP contribution in [0.2, 0.25) is 0 Å². The minimum Gasteiger partial charge on any atom is -0.378 e. The molecule has 0 aromatic carbocycles. The summed E-state index contributed by atoms with van der Waals surface area (Å²) in [4.78, 5) is 23.2. The number of amidine groups is 1. The Hall–Kier alpha value is -2.06. The molecule has 1 saturated heterocycles. The molecule has 1 aliphatic rings. The van der Waals surface area contributed by atoms with Crippen molar-refractivity contribution in [3.8, 4) is 0 Å². The number of nitrogens with two attached hydrogens (primary N) is 1. The molecule has 1 amide bonds. The third-order valence-corrected chi connectivity index (χ3v) is 5.09. The van der Waals surface area contributed by atoms with Gasteiger partial charge in [-0.1, -0.05) is 31.5 Å². The second-order valence-corrected chi connectivity index (χ2v) is 7.32. The Bertz CT molecular complexity index is 670. The van der Waals surface area contributed by atoms with Gasteiger partial charge in [0.1, 0.15) is 0 Å². The molecule has 4 N–H and O–H groups in total. The van der Waals surface area contributed by atoms with Gasteiger partial charge < -0.3 is 21.3 Å². The number of piperazine rings is 1. The molecule has 0 saturated carbocycles. The minimum absolute atomic E-state index is 0.161. The van der Waals surface area contributed by atoms with Crippen LogP contribution in [-0.4, -0.2) is 48.8 Å². The number of hydrogen-bond donors (Lipinski definition) is 3. The molecule has 27 heavy (non-hydrogen) atoms. The maximum atomic E-state index is 12.5. The molecule has 8 heteroatoms. The number of unbranched alkanes of at least 4 members (excludes halogenated alkanes) is 2. The highest BCUT2D eigenvalue weighted by Gasteiger charge is 2.16. The summed E-state index contributed by atoms with van der Waals surface area (Å²) in [5.74, 6) is -0.161. The second kappa shape index (κ2) is 11.6. The van der Waals surface area contributed by atoms with Gasteiger partial charge in [0.25, 0.3) is 5.91 Å². The van der Waals surface area contributed by atoms with E-state index in [1.165, 1.54) is 11.8 Å². The van der Waals surface area contributed by atoms with Crippen LogP contribution in [0.4, 0.5) is 11.4 Å². The number of pyridine rings is 1. The molecule has 7 nitrogen and oxygen atoms in total. The zero-order valence-corrected chi connectivity index (χ0v) is 17.0. The summed E-state index contributed by atoms with van der Waals surface area (Å²) in [5.41, 5.74) is 8.20. The summed E-state index contributed by atoms with van der Waals surface area (Å²) < 4.78 is 0. The molecule has 0 atom stereocenters. The summed E-state index contributed by atoms with van der Waals surface area (Å²) in [5, 5.41) is 8.53. The highest BCUT2D eigenvalue weighted by Crippen LogP contribution is 2.25. The van der Waals surface area contributed by atoms with E-state index in [1.807, 2.05) is 6.07 Å². The average Bonchev–Trinajstić information content (AvgIpc) is 2.70. The van der Waals surface area contributed by atoms with Crippen molar-refractivity contribution in [1.82, 2.24) is 10.3 Å². The van der Waals surface area contributed by atoms with E-state index in [9.17, 15) is 4.79 Å². The number of amides is 1. The van der Waals surface area contributed by atoms with Gasteiger partial charge in [0.2, 0.25) is 0 Å². The standard InChI is InChI=1S/C19H30N6OS/c1-3-4-5-7-23-19(20)27-14-15(2)18(26)24-16-13-22-8-6-17(16)25-11-9-21-10-12-25/h6,8,13-14,21H,3-5,7,9-12H2,1-2H3,(H2,20,23)(H,24,26)/b15-14+. The van der Waals surface area contributed by atoms with Crippen molar-refractivity contribution < 1.29 is 4.79 Å². The molecular formula is C19H30N6OS. The number of carbonyl (C=O) groups is 1. The SMILES string of the molecule is CCCCCN=C(N)S/C=C(\C)C(=O)Nc1cnccc1N1CCNCC1. The van der Waals surface area contributed by atoms with Crippen molar-refractivity contribution in [1.29, 1.82) is 0 Å². The number of aliphatic imine (C=N–C) groups is 1. The Balaban J connectivity index is 1.94. The van der Waals surface area contributed by atoms with Crippen LogP contribution in [0.5, 0.6) is 0 Å². The van der Waals surface area contributed by atoms with Gasteiger partial charge in [-0.15, -0.1) is 0 Å². The molecule has 0 bridgehead atoms. The Labute approximate surface area is 165 Å². The van der Waals surface area contributed by atoms with E-state index >= 15 is 0 Å². The molecule has 0 radical (unpaired) electrons. The highest BCUT2D eigenvalue weighted by molar-refractivity contribution is 8.16. The van der Waals surface area contributed by atoms with Crippen LogP contribution in [0.3, 0.4) is 0 Å². The Kier molecular flexibility index (Phi) is 9.13. The Morgan fingerprint density at radius 3 is 2.96 bits per heavy atom. The largest absolute Gasteiger partial charge is 0.378 e. The second-order valence-electron chi connectivity index (χ2n) is 6.43. The molecule has 2 rings (SSSR count). The monoisotopic (exact) mass is 390 g/mol. The average molecular weight is 391 g/mol. The number of thioether (sulfide) groups is 1. The highest BCUT2D eigenvalue weighted by atomic mass is 32.2. The van der Waals surface area contributed by atoms with Crippen molar-refractivity contribution in [3.05, 3.63) is 29.4 Å². The van der Waals surface area contributed by atoms with Gasteiger partial charge in [-0.3, -0.25) is 14.8 Å². The fourth-order valence-electron chi connectivity index (χ4n) is 2.68. The van der Waals surface area contributed by atoms with E-state index < -0.39 is 0 Å². The molecule has 148 valence electrons. The van der Waals surface area contributed by atoms with Gasteiger partial charge in [-0.05, 0) is 24.8 Å². The van der Waals surface area contributed by atoms with E-state index in [0.717, 1.165) is 63.4 Å². The molecule has 2 heterocycles. The lowest BCUT2D eigenvalue weighted by Crippen LogP contribution is -2.43. The van der Waals surface area contributed by atoms with Gasteiger partial charge in [0.15, 0.2) is 5.17 Å². The van der Waals surface area contributed by atoms with Gasteiger partial charge in [0.05, 0.1) is 17.6 Å². The van der Waals surface area contributed by atoms with Crippen molar-refractivity contribution in [2.45, 2.75) is 33.1 Å². The Morgan fingerprint density at radius 2 is 2.22 bits per heavy atom.